The molecule has 18 heavy (non-hydrogen) atoms. The Morgan fingerprint density at radius 3 is 2.50 bits per heavy atom. The summed E-state index contributed by atoms with van der Waals surface area (Å²) in [7, 11) is 0. The molecule has 1 aliphatic rings. The Bertz CT molecular complexity index is 349. The van der Waals surface area contributed by atoms with E-state index in [1.54, 1.807) is 0 Å². The minimum atomic E-state index is -0.0639. The fourth-order valence-corrected chi connectivity index (χ4v) is 2.93. The van der Waals surface area contributed by atoms with Gasteiger partial charge in [0.15, 0.2) is 0 Å². The zero-order chi connectivity index (χ0) is 13.0. The van der Waals surface area contributed by atoms with E-state index in [4.69, 9.17) is 0 Å². The molecule has 1 aliphatic carbocycles. The van der Waals surface area contributed by atoms with Crippen LogP contribution in [-0.4, -0.2) is 17.8 Å². The molecular weight excluding hydrogens is 222 g/mol. The Kier molecular flexibility index (Phi) is 4.79. The number of rotatable bonds is 5. The predicted molar refractivity (Wildman–Crippen MR) is 75.4 cm³/mol. The van der Waals surface area contributed by atoms with E-state index < -0.39 is 0 Å². The smallest absolute Gasteiger partial charge is 0.0543 e. The summed E-state index contributed by atoms with van der Waals surface area (Å²) in [5.74, 6) is 1.23. The third kappa shape index (κ3) is 3.56. The van der Waals surface area contributed by atoms with Crippen LogP contribution in [0.3, 0.4) is 0 Å². The maximum absolute atomic E-state index is 9.56. The molecule has 1 aromatic rings. The van der Waals surface area contributed by atoms with Gasteiger partial charge >= 0.3 is 0 Å². The van der Waals surface area contributed by atoms with Gasteiger partial charge in [0.25, 0.3) is 0 Å². The first-order valence-electron chi connectivity index (χ1n) is 7.13. The number of aliphatic hydroxyl groups is 1. The molecule has 2 nitrogen and oxygen atoms in total. The van der Waals surface area contributed by atoms with Gasteiger partial charge in [0.1, 0.15) is 0 Å². The van der Waals surface area contributed by atoms with Crippen molar-refractivity contribution in [2.75, 3.05) is 6.54 Å². The highest BCUT2D eigenvalue weighted by atomic mass is 16.3. The van der Waals surface area contributed by atoms with Crippen LogP contribution in [0, 0.1) is 11.8 Å². The number of hydrogen-bond donors (Lipinski definition) is 2. The molecule has 2 heteroatoms. The molecule has 1 aromatic carbocycles. The molecule has 3 unspecified atom stereocenters. The molecule has 0 spiro atoms. The minimum Gasteiger partial charge on any atom is -0.393 e. The maximum atomic E-state index is 9.56. The van der Waals surface area contributed by atoms with E-state index in [1.807, 2.05) is 0 Å². The number of hydrogen-bond acceptors (Lipinski definition) is 2. The Morgan fingerprint density at radius 1 is 1.22 bits per heavy atom. The molecule has 0 aliphatic heterocycles. The lowest BCUT2D eigenvalue weighted by Crippen LogP contribution is -2.30. The SMILES string of the molecule is CC(C)C(NCC1CCC(O)C1)c1ccccc1. The monoisotopic (exact) mass is 247 g/mol. The van der Waals surface area contributed by atoms with Gasteiger partial charge in [-0.2, -0.15) is 0 Å². The highest BCUT2D eigenvalue weighted by Gasteiger charge is 2.24. The molecule has 3 atom stereocenters. The number of nitrogens with one attached hydrogen (secondary N) is 1. The fourth-order valence-electron chi connectivity index (χ4n) is 2.93. The summed E-state index contributed by atoms with van der Waals surface area (Å²) >= 11 is 0. The quantitative estimate of drug-likeness (QED) is 0.838. The Balaban J connectivity index is 1.91. The molecule has 2 rings (SSSR count). The van der Waals surface area contributed by atoms with Gasteiger partial charge in [-0.25, -0.2) is 0 Å². The van der Waals surface area contributed by atoms with Gasteiger partial charge in [0.05, 0.1) is 6.10 Å². The van der Waals surface area contributed by atoms with Gasteiger partial charge < -0.3 is 10.4 Å². The highest BCUT2D eigenvalue weighted by molar-refractivity contribution is 5.19. The summed E-state index contributed by atoms with van der Waals surface area (Å²) in [4.78, 5) is 0. The summed E-state index contributed by atoms with van der Waals surface area (Å²) in [5.41, 5.74) is 1.37. The third-order valence-corrected chi connectivity index (χ3v) is 3.97. The first kappa shape index (κ1) is 13.6. The highest BCUT2D eigenvalue weighted by Crippen LogP contribution is 2.27. The average Bonchev–Trinajstić information content (AvgIpc) is 2.76. The third-order valence-electron chi connectivity index (χ3n) is 3.97. The van der Waals surface area contributed by atoms with Crippen molar-refractivity contribution >= 4 is 0 Å². The van der Waals surface area contributed by atoms with E-state index >= 15 is 0 Å². The van der Waals surface area contributed by atoms with Crippen LogP contribution in [0.15, 0.2) is 30.3 Å². The van der Waals surface area contributed by atoms with Crippen LogP contribution in [0.25, 0.3) is 0 Å². The van der Waals surface area contributed by atoms with Crippen LogP contribution >= 0.6 is 0 Å². The van der Waals surface area contributed by atoms with E-state index in [2.05, 4.69) is 49.5 Å². The summed E-state index contributed by atoms with van der Waals surface area (Å²) < 4.78 is 0. The first-order chi connectivity index (χ1) is 8.66. The van der Waals surface area contributed by atoms with E-state index in [1.165, 1.54) is 5.56 Å². The second kappa shape index (κ2) is 6.35. The maximum Gasteiger partial charge on any atom is 0.0543 e. The summed E-state index contributed by atoms with van der Waals surface area (Å²) in [6.45, 7) is 5.54. The van der Waals surface area contributed by atoms with E-state index in [9.17, 15) is 5.11 Å². The van der Waals surface area contributed by atoms with Crippen molar-refractivity contribution in [1.82, 2.24) is 5.32 Å². The molecule has 0 amide bonds. The standard InChI is InChI=1S/C16H25NO/c1-12(2)16(14-6-4-3-5-7-14)17-11-13-8-9-15(18)10-13/h3-7,12-13,15-18H,8-11H2,1-2H3. The van der Waals surface area contributed by atoms with Crippen molar-refractivity contribution in [3.63, 3.8) is 0 Å². The zero-order valence-corrected chi connectivity index (χ0v) is 11.5. The first-order valence-corrected chi connectivity index (χ1v) is 7.13. The molecule has 0 bridgehead atoms. The van der Waals surface area contributed by atoms with Gasteiger partial charge in [-0.1, -0.05) is 44.2 Å². The average molecular weight is 247 g/mol. The van der Waals surface area contributed by atoms with Crippen LogP contribution in [0.2, 0.25) is 0 Å². The van der Waals surface area contributed by atoms with Gasteiger partial charge in [-0.05, 0) is 43.2 Å². The largest absolute Gasteiger partial charge is 0.393 e. The van der Waals surface area contributed by atoms with Crippen molar-refractivity contribution in [2.45, 2.75) is 45.3 Å². The van der Waals surface area contributed by atoms with Crippen LogP contribution in [-0.2, 0) is 0 Å². The Morgan fingerprint density at radius 2 is 1.94 bits per heavy atom. The molecule has 1 saturated carbocycles. The van der Waals surface area contributed by atoms with Gasteiger partial charge in [-0.15, -0.1) is 0 Å². The number of benzene rings is 1. The number of aliphatic hydroxyl groups excluding tert-OH is 1. The van der Waals surface area contributed by atoms with Crippen LogP contribution < -0.4 is 5.32 Å². The van der Waals surface area contributed by atoms with Gasteiger partial charge in [0.2, 0.25) is 0 Å². The lowest BCUT2D eigenvalue weighted by Gasteiger charge is -2.24. The molecule has 0 aromatic heterocycles. The Hall–Kier alpha value is -0.860. The van der Waals surface area contributed by atoms with Crippen molar-refractivity contribution in [3.8, 4) is 0 Å². The van der Waals surface area contributed by atoms with Gasteiger partial charge in [0, 0.05) is 6.04 Å². The second-order valence-electron chi connectivity index (χ2n) is 5.87. The van der Waals surface area contributed by atoms with Crippen molar-refractivity contribution < 1.29 is 5.11 Å². The summed E-state index contributed by atoms with van der Waals surface area (Å²) in [6.07, 6.45) is 3.04. The van der Waals surface area contributed by atoms with Crippen molar-refractivity contribution in [1.29, 1.82) is 0 Å². The fraction of sp³-hybridized carbons (Fsp3) is 0.625. The van der Waals surface area contributed by atoms with Crippen LogP contribution in [0.4, 0.5) is 0 Å². The van der Waals surface area contributed by atoms with E-state index in [0.717, 1.165) is 25.8 Å². The van der Waals surface area contributed by atoms with Gasteiger partial charge in [-0.3, -0.25) is 0 Å². The Labute approximate surface area is 110 Å². The van der Waals surface area contributed by atoms with Crippen molar-refractivity contribution in [3.05, 3.63) is 35.9 Å². The molecule has 100 valence electrons. The minimum absolute atomic E-state index is 0.0639. The molecule has 2 N–H and O–H groups in total. The molecule has 1 fully saturated rings. The van der Waals surface area contributed by atoms with E-state index in [0.29, 0.717) is 17.9 Å². The molecular formula is C16H25NO. The second-order valence-corrected chi connectivity index (χ2v) is 5.87. The van der Waals surface area contributed by atoms with Crippen molar-refractivity contribution in [2.24, 2.45) is 11.8 Å². The topological polar surface area (TPSA) is 32.3 Å². The summed E-state index contributed by atoms with van der Waals surface area (Å²) in [6, 6.07) is 11.1. The molecule has 0 heterocycles. The van der Waals surface area contributed by atoms with Crippen LogP contribution in [0.5, 0.6) is 0 Å². The molecule has 0 radical (unpaired) electrons. The zero-order valence-electron chi connectivity index (χ0n) is 11.5. The molecule has 0 saturated heterocycles. The summed E-state index contributed by atoms with van der Waals surface area (Å²) in [5, 5.41) is 13.3. The lowest BCUT2D eigenvalue weighted by molar-refractivity contribution is 0.176. The predicted octanol–water partition coefficient (Wildman–Crippen LogP) is 3.13. The van der Waals surface area contributed by atoms with E-state index in [-0.39, 0.29) is 6.10 Å². The normalized spacial score (nSPS) is 25.6. The lowest BCUT2D eigenvalue weighted by atomic mass is 9.95. The van der Waals surface area contributed by atoms with Crippen LogP contribution in [0.1, 0.15) is 44.7 Å².